The monoisotopic (exact) mass is 384 g/mol. The minimum absolute atomic E-state index is 0.144. The van der Waals surface area contributed by atoms with Crippen molar-refractivity contribution in [2.24, 2.45) is 0 Å². The van der Waals surface area contributed by atoms with Gasteiger partial charge in [0.25, 0.3) is 5.91 Å². The fraction of sp³-hybridized carbons (Fsp3) is 0.286. The van der Waals surface area contributed by atoms with Crippen molar-refractivity contribution in [2.45, 2.75) is 25.2 Å². The Kier molecular flexibility index (Phi) is 5.48. The molecule has 0 atom stereocenters. The number of carbonyl (C=O) groups excluding carboxylic acids is 1. The van der Waals surface area contributed by atoms with E-state index in [2.05, 4.69) is 22.9 Å². The first-order valence-electron chi connectivity index (χ1n) is 8.92. The summed E-state index contributed by atoms with van der Waals surface area (Å²) in [4.78, 5) is 14.9. The first-order chi connectivity index (χ1) is 12.8. The Labute approximate surface area is 160 Å². The summed E-state index contributed by atoms with van der Waals surface area (Å²) < 4.78 is 26.9. The highest BCUT2D eigenvalue weighted by molar-refractivity contribution is 7.89. The van der Waals surface area contributed by atoms with Crippen molar-refractivity contribution >= 4 is 21.5 Å². The lowest BCUT2D eigenvalue weighted by Gasteiger charge is -2.27. The van der Waals surface area contributed by atoms with E-state index in [0.29, 0.717) is 24.2 Å². The maximum absolute atomic E-state index is 13.0. The molecule has 6 heteroatoms. The van der Waals surface area contributed by atoms with E-state index in [1.165, 1.54) is 24.3 Å². The Balaban J connectivity index is 1.86. The van der Waals surface area contributed by atoms with E-state index in [1.54, 1.807) is 17.9 Å². The molecule has 0 fully saturated rings. The number of nitrogens with one attached hydrogen (secondary N) is 1. The quantitative estimate of drug-likeness (QED) is 0.881. The molecule has 0 radical (unpaired) electrons. The van der Waals surface area contributed by atoms with Crippen LogP contribution in [0.4, 0.5) is 0 Å². The lowest BCUT2D eigenvalue weighted by Crippen LogP contribution is -2.35. The normalized spacial score (nSPS) is 14.8. The van der Waals surface area contributed by atoms with Crippen LogP contribution in [-0.4, -0.2) is 39.4 Å². The summed E-state index contributed by atoms with van der Waals surface area (Å²) >= 11 is 0. The summed E-state index contributed by atoms with van der Waals surface area (Å²) in [5, 5.41) is 0. The van der Waals surface area contributed by atoms with Crippen LogP contribution < -0.4 is 4.72 Å². The molecule has 0 bridgehead atoms. The molecule has 5 nitrogen and oxygen atoms in total. The Hall–Kier alpha value is -2.44. The lowest BCUT2D eigenvalue weighted by atomic mass is 9.99. The van der Waals surface area contributed by atoms with Crippen LogP contribution in [0.5, 0.6) is 0 Å². The SMILES string of the molecule is CNS(=O)(=O)c1cc(C(=O)N2CC=C(c3ccccc3)CC2)cc(C)c1C. The Bertz CT molecular complexity index is 996. The third-order valence-corrected chi connectivity index (χ3v) is 6.61. The first-order valence-corrected chi connectivity index (χ1v) is 10.4. The van der Waals surface area contributed by atoms with Gasteiger partial charge in [-0.2, -0.15) is 0 Å². The molecule has 3 rings (SSSR count). The minimum atomic E-state index is -3.62. The van der Waals surface area contributed by atoms with Crippen molar-refractivity contribution in [3.05, 3.63) is 70.8 Å². The largest absolute Gasteiger partial charge is 0.335 e. The van der Waals surface area contributed by atoms with Gasteiger partial charge in [0.15, 0.2) is 0 Å². The number of carbonyl (C=O) groups is 1. The van der Waals surface area contributed by atoms with E-state index in [9.17, 15) is 13.2 Å². The Morgan fingerprint density at radius 2 is 1.81 bits per heavy atom. The van der Waals surface area contributed by atoms with Gasteiger partial charge in [-0.15, -0.1) is 0 Å². The van der Waals surface area contributed by atoms with Gasteiger partial charge in [-0.3, -0.25) is 4.79 Å². The molecule has 0 aliphatic carbocycles. The summed E-state index contributed by atoms with van der Waals surface area (Å²) in [7, 11) is -2.24. The van der Waals surface area contributed by atoms with Crippen molar-refractivity contribution < 1.29 is 13.2 Å². The fourth-order valence-corrected chi connectivity index (χ4v) is 4.36. The van der Waals surface area contributed by atoms with E-state index in [0.717, 1.165) is 12.0 Å². The number of sulfonamides is 1. The zero-order valence-corrected chi connectivity index (χ0v) is 16.6. The predicted molar refractivity (Wildman–Crippen MR) is 107 cm³/mol. The van der Waals surface area contributed by atoms with E-state index in [4.69, 9.17) is 0 Å². The van der Waals surface area contributed by atoms with Crippen LogP contribution in [0.15, 0.2) is 53.4 Å². The first kappa shape index (κ1) is 19.3. The second kappa shape index (κ2) is 7.66. The second-order valence-corrected chi connectivity index (χ2v) is 8.58. The molecular formula is C21H24N2O3S. The van der Waals surface area contributed by atoms with E-state index < -0.39 is 10.0 Å². The van der Waals surface area contributed by atoms with Crippen LogP contribution in [0.1, 0.15) is 33.5 Å². The summed E-state index contributed by atoms with van der Waals surface area (Å²) in [6, 6.07) is 13.4. The van der Waals surface area contributed by atoms with Crippen molar-refractivity contribution in [1.82, 2.24) is 9.62 Å². The molecule has 0 spiro atoms. The summed E-state index contributed by atoms with van der Waals surface area (Å²) in [6.45, 7) is 4.71. The summed E-state index contributed by atoms with van der Waals surface area (Å²) in [6.07, 6.45) is 2.85. The van der Waals surface area contributed by atoms with E-state index >= 15 is 0 Å². The molecule has 0 unspecified atom stereocenters. The van der Waals surface area contributed by atoms with Crippen molar-refractivity contribution in [1.29, 1.82) is 0 Å². The van der Waals surface area contributed by atoms with Gasteiger partial charge in [-0.1, -0.05) is 36.4 Å². The minimum Gasteiger partial charge on any atom is -0.335 e. The van der Waals surface area contributed by atoms with Gasteiger partial charge in [-0.05, 0) is 61.7 Å². The number of amides is 1. The number of hydrogen-bond acceptors (Lipinski definition) is 3. The zero-order chi connectivity index (χ0) is 19.6. The molecule has 1 aliphatic heterocycles. The van der Waals surface area contributed by atoms with Gasteiger partial charge in [0, 0.05) is 18.7 Å². The maximum atomic E-state index is 13.0. The molecule has 0 saturated heterocycles. The smallest absolute Gasteiger partial charge is 0.254 e. The molecule has 1 N–H and O–H groups in total. The average Bonchev–Trinajstić information content (AvgIpc) is 2.70. The van der Waals surface area contributed by atoms with Gasteiger partial charge in [-0.25, -0.2) is 13.1 Å². The highest BCUT2D eigenvalue weighted by atomic mass is 32.2. The number of rotatable bonds is 4. The molecule has 1 amide bonds. The maximum Gasteiger partial charge on any atom is 0.254 e. The standard InChI is InChI=1S/C21H24N2O3S/c1-15-13-19(14-20(16(15)2)27(25,26)22-3)21(24)23-11-9-18(10-12-23)17-7-5-4-6-8-17/h4-9,13-14,22H,10-12H2,1-3H3. The van der Waals surface area contributed by atoms with Crippen LogP contribution in [0.3, 0.4) is 0 Å². The third-order valence-electron chi connectivity index (χ3n) is 5.07. The van der Waals surface area contributed by atoms with Gasteiger partial charge in [0.1, 0.15) is 0 Å². The van der Waals surface area contributed by atoms with E-state index in [1.807, 2.05) is 25.1 Å². The number of nitrogens with zero attached hydrogens (tertiary/aromatic N) is 1. The average molecular weight is 385 g/mol. The lowest BCUT2D eigenvalue weighted by molar-refractivity contribution is 0.0772. The molecule has 2 aromatic rings. The fourth-order valence-electron chi connectivity index (χ4n) is 3.29. The van der Waals surface area contributed by atoms with Crippen LogP contribution in [0, 0.1) is 13.8 Å². The molecule has 1 heterocycles. The molecule has 142 valence electrons. The Morgan fingerprint density at radius 3 is 2.41 bits per heavy atom. The van der Waals surface area contributed by atoms with Gasteiger partial charge < -0.3 is 4.90 Å². The van der Waals surface area contributed by atoms with Crippen LogP contribution >= 0.6 is 0 Å². The highest BCUT2D eigenvalue weighted by Gasteiger charge is 2.23. The number of hydrogen-bond donors (Lipinski definition) is 1. The van der Waals surface area contributed by atoms with Crippen molar-refractivity contribution in [3.63, 3.8) is 0 Å². The molecule has 1 aliphatic rings. The molecule has 27 heavy (non-hydrogen) atoms. The summed E-state index contributed by atoms with van der Waals surface area (Å²) in [5.41, 5.74) is 4.26. The van der Waals surface area contributed by atoms with Crippen molar-refractivity contribution in [3.8, 4) is 0 Å². The Morgan fingerprint density at radius 1 is 1.11 bits per heavy atom. The summed E-state index contributed by atoms with van der Waals surface area (Å²) in [5.74, 6) is -0.144. The van der Waals surface area contributed by atoms with Gasteiger partial charge in [0.05, 0.1) is 4.90 Å². The predicted octanol–water partition coefficient (Wildman–Crippen LogP) is 3.14. The molecule has 2 aromatic carbocycles. The van der Waals surface area contributed by atoms with Crippen molar-refractivity contribution in [2.75, 3.05) is 20.1 Å². The van der Waals surface area contributed by atoms with Gasteiger partial charge >= 0.3 is 0 Å². The van der Waals surface area contributed by atoms with Crippen LogP contribution in [0.2, 0.25) is 0 Å². The van der Waals surface area contributed by atoms with Crippen LogP contribution in [-0.2, 0) is 10.0 Å². The molecular weight excluding hydrogens is 360 g/mol. The molecule has 0 aromatic heterocycles. The van der Waals surface area contributed by atoms with Gasteiger partial charge in [0.2, 0.25) is 10.0 Å². The van der Waals surface area contributed by atoms with Crippen LogP contribution in [0.25, 0.3) is 5.57 Å². The number of benzene rings is 2. The number of aryl methyl sites for hydroxylation is 1. The molecule has 0 saturated carbocycles. The zero-order valence-electron chi connectivity index (χ0n) is 15.8. The second-order valence-electron chi connectivity index (χ2n) is 6.72. The topological polar surface area (TPSA) is 66.5 Å². The highest BCUT2D eigenvalue weighted by Crippen LogP contribution is 2.25. The van der Waals surface area contributed by atoms with E-state index in [-0.39, 0.29) is 10.8 Å². The third kappa shape index (κ3) is 3.96.